The van der Waals surface area contributed by atoms with Crippen molar-refractivity contribution in [1.29, 1.82) is 0 Å². The number of amides is 2. The molecule has 0 aliphatic carbocycles. The molecule has 7 heteroatoms. The minimum Gasteiger partial charge on any atom is -0.335 e. The Morgan fingerprint density at radius 1 is 1.41 bits per heavy atom. The molecule has 1 fully saturated rings. The Bertz CT molecular complexity index is 760. The van der Waals surface area contributed by atoms with E-state index in [1.807, 2.05) is 12.4 Å². The maximum Gasteiger partial charge on any atom is 0.321 e. The maximum absolute atomic E-state index is 13.3. The van der Waals surface area contributed by atoms with Crippen molar-refractivity contribution in [3.05, 3.63) is 48.3 Å². The van der Waals surface area contributed by atoms with E-state index < -0.39 is 0 Å². The zero-order valence-electron chi connectivity index (χ0n) is 16.1. The highest BCUT2D eigenvalue weighted by molar-refractivity contribution is 5.89. The van der Waals surface area contributed by atoms with Gasteiger partial charge in [-0.2, -0.15) is 0 Å². The molecule has 1 aromatic carbocycles. The van der Waals surface area contributed by atoms with Gasteiger partial charge < -0.3 is 19.7 Å². The van der Waals surface area contributed by atoms with Gasteiger partial charge in [0.2, 0.25) is 0 Å². The van der Waals surface area contributed by atoms with Gasteiger partial charge in [-0.3, -0.25) is 0 Å². The van der Waals surface area contributed by atoms with E-state index in [9.17, 15) is 9.18 Å². The highest BCUT2D eigenvalue weighted by Crippen LogP contribution is 2.26. The quantitative estimate of drug-likeness (QED) is 0.845. The first-order valence-corrected chi connectivity index (χ1v) is 9.50. The number of urea groups is 1. The molecule has 146 valence electrons. The lowest BCUT2D eigenvalue weighted by molar-refractivity contribution is 0.190. The number of aryl methyl sites for hydroxylation is 1. The van der Waals surface area contributed by atoms with Crippen LogP contribution in [0.2, 0.25) is 0 Å². The van der Waals surface area contributed by atoms with Crippen LogP contribution in [-0.4, -0.2) is 59.1 Å². The third kappa shape index (κ3) is 5.29. The SMILES string of the molecule is CN(C)CCCn1ccnc1[C@@H]1CCCN(C(=O)Nc2cccc(F)c2)C1. The van der Waals surface area contributed by atoms with Gasteiger partial charge in [-0.15, -0.1) is 0 Å². The number of aromatic nitrogens is 2. The standard InChI is InChI=1S/C20H28FN5O/c1-24(2)10-5-12-25-13-9-22-19(25)16-6-4-11-26(15-16)20(27)23-18-8-3-7-17(21)14-18/h3,7-9,13-14,16H,4-6,10-12,15H2,1-2H3,(H,23,27)/t16-/m1/s1. The van der Waals surface area contributed by atoms with Crippen LogP contribution < -0.4 is 5.32 Å². The molecule has 0 radical (unpaired) electrons. The fraction of sp³-hybridized carbons (Fsp3) is 0.500. The van der Waals surface area contributed by atoms with Crippen LogP contribution in [0.4, 0.5) is 14.9 Å². The number of anilines is 1. The molecular formula is C20H28FN5O. The van der Waals surface area contributed by atoms with Crippen molar-refractivity contribution in [2.45, 2.75) is 31.7 Å². The average molecular weight is 373 g/mol. The van der Waals surface area contributed by atoms with E-state index in [0.29, 0.717) is 18.8 Å². The summed E-state index contributed by atoms with van der Waals surface area (Å²) in [5.41, 5.74) is 0.479. The first-order valence-electron chi connectivity index (χ1n) is 9.50. The van der Waals surface area contributed by atoms with Crippen molar-refractivity contribution in [3.8, 4) is 0 Å². The number of likely N-dealkylation sites (tertiary alicyclic amines) is 1. The Morgan fingerprint density at radius 2 is 2.26 bits per heavy atom. The highest BCUT2D eigenvalue weighted by Gasteiger charge is 2.27. The summed E-state index contributed by atoms with van der Waals surface area (Å²) in [4.78, 5) is 21.1. The molecule has 0 bridgehead atoms. The van der Waals surface area contributed by atoms with Gasteiger partial charge in [0.1, 0.15) is 11.6 Å². The smallest absolute Gasteiger partial charge is 0.321 e. The summed E-state index contributed by atoms with van der Waals surface area (Å²) >= 11 is 0. The molecular weight excluding hydrogens is 345 g/mol. The van der Waals surface area contributed by atoms with E-state index in [2.05, 4.69) is 33.9 Å². The van der Waals surface area contributed by atoms with Gasteiger partial charge in [0.05, 0.1) is 0 Å². The Labute approximate surface area is 160 Å². The minimum atomic E-state index is -0.357. The number of halogens is 1. The lowest BCUT2D eigenvalue weighted by Crippen LogP contribution is -2.42. The van der Waals surface area contributed by atoms with E-state index in [-0.39, 0.29) is 17.8 Å². The number of hydrogen-bond acceptors (Lipinski definition) is 3. The Balaban J connectivity index is 1.61. The van der Waals surface area contributed by atoms with E-state index in [4.69, 9.17) is 0 Å². The fourth-order valence-electron chi connectivity index (χ4n) is 3.57. The zero-order chi connectivity index (χ0) is 19.2. The zero-order valence-corrected chi connectivity index (χ0v) is 16.1. The lowest BCUT2D eigenvalue weighted by Gasteiger charge is -2.32. The number of nitrogens with one attached hydrogen (secondary N) is 1. The molecule has 0 saturated carbocycles. The van der Waals surface area contributed by atoms with E-state index in [0.717, 1.165) is 38.2 Å². The number of nitrogens with zero attached hydrogens (tertiary/aromatic N) is 4. The van der Waals surface area contributed by atoms with Crippen LogP contribution in [0.15, 0.2) is 36.7 Å². The van der Waals surface area contributed by atoms with Gasteiger partial charge in [0, 0.05) is 43.6 Å². The van der Waals surface area contributed by atoms with Crippen molar-refractivity contribution < 1.29 is 9.18 Å². The molecule has 0 spiro atoms. The number of carbonyl (C=O) groups excluding carboxylic acids is 1. The number of benzene rings is 1. The second kappa shape index (κ2) is 8.99. The third-order valence-corrected chi connectivity index (χ3v) is 4.90. The molecule has 27 heavy (non-hydrogen) atoms. The molecule has 1 aliphatic rings. The van der Waals surface area contributed by atoms with Crippen LogP contribution >= 0.6 is 0 Å². The summed E-state index contributed by atoms with van der Waals surface area (Å²) in [6.07, 6.45) is 6.89. The molecule has 1 aliphatic heterocycles. The van der Waals surface area contributed by atoms with Crippen LogP contribution in [0.1, 0.15) is 31.0 Å². The van der Waals surface area contributed by atoms with Gasteiger partial charge in [-0.1, -0.05) is 6.07 Å². The number of imidazole rings is 1. The van der Waals surface area contributed by atoms with Crippen LogP contribution in [0.5, 0.6) is 0 Å². The molecule has 1 N–H and O–H groups in total. The van der Waals surface area contributed by atoms with Crippen LogP contribution in [0.25, 0.3) is 0 Å². The predicted octanol–water partition coefficient (Wildman–Crippen LogP) is 3.39. The van der Waals surface area contributed by atoms with E-state index in [1.54, 1.807) is 17.0 Å². The van der Waals surface area contributed by atoms with Crippen molar-refractivity contribution in [1.82, 2.24) is 19.4 Å². The summed E-state index contributed by atoms with van der Waals surface area (Å²) < 4.78 is 15.5. The Morgan fingerprint density at radius 3 is 3.04 bits per heavy atom. The molecule has 2 amide bonds. The van der Waals surface area contributed by atoms with Crippen molar-refractivity contribution in [3.63, 3.8) is 0 Å². The second-order valence-electron chi connectivity index (χ2n) is 7.36. The molecule has 2 aromatic rings. The molecule has 1 saturated heterocycles. The highest BCUT2D eigenvalue weighted by atomic mass is 19.1. The topological polar surface area (TPSA) is 53.4 Å². The van der Waals surface area contributed by atoms with E-state index in [1.165, 1.54) is 12.1 Å². The van der Waals surface area contributed by atoms with Crippen LogP contribution in [0.3, 0.4) is 0 Å². The molecule has 6 nitrogen and oxygen atoms in total. The molecule has 1 atom stereocenters. The predicted molar refractivity (Wildman–Crippen MR) is 104 cm³/mol. The maximum atomic E-state index is 13.3. The first kappa shape index (κ1) is 19.4. The molecule has 0 unspecified atom stereocenters. The number of piperidine rings is 1. The van der Waals surface area contributed by atoms with Gasteiger partial charge in [-0.25, -0.2) is 14.2 Å². The second-order valence-corrected chi connectivity index (χ2v) is 7.36. The molecule has 2 heterocycles. The van der Waals surface area contributed by atoms with Gasteiger partial charge in [0.25, 0.3) is 0 Å². The number of hydrogen-bond donors (Lipinski definition) is 1. The van der Waals surface area contributed by atoms with E-state index >= 15 is 0 Å². The fourth-order valence-corrected chi connectivity index (χ4v) is 3.57. The lowest BCUT2D eigenvalue weighted by atomic mass is 9.97. The normalized spacial score (nSPS) is 17.3. The summed E-state index contributed by atoms with van der Waals surface area (Å²) in [5.74, 6) is 0.924. The monoisotopic (exact) mass is 373 g/mol. The Hall–Kier alpha value is -2.41. The average Bonchev–Trinajstić information content (AvgIpc) is 3.10. The summed E-state index contributed by atoms with van der Waals surface area (Å²) in [6, 6.07) is 5.80. The van der Waals surface area contributed by atoms with Crippen molar-refractivity contribution in [2.24, 2.45) is 0 Å². The minimum absolute atomic E-state index is 0.184. The largest absolute Gasteiger partial charge is 0.335 e. The first-order chi connectivity index (χ1) is 13.0. The third-order valence-electron chi connectivity index (χ3n) is 4.90. The number of rotatable bonds is 6. The van der Waals surface area contributed by atoms with Crippen LogP contribution in [0, 0.1) is 5.82 Å². The van der Waals surface area contributed by atoms with Crippen LogP contribution in [-0.2, 0) is 6.54 Å². The summed E-state index contributed by atoms with van der Waals surface area (Å²) in [6.45, 7) is 3.30. The van der Waals surface area contributed by atoms with Crippen molar-refractivity contribution >= 4 is 11.7 Å². The van der Waals surface area contributed by atoms with Gasteiger partial charge in [-0.05, 0) is 58.1 Å². The molecule has 3 rings (SSSR count). The van der Waals surface area contributed by atoms with Crippen molar-refractivity contribution in [2.75, 3.05) is 39.0 Å². The van der Waals surface area contributed by atoms with Gasteiger partial charge in [0.15, 0.2) is 0 Å². The summed E-state index contributed by atoms with van der Waals surface area (Å²) in [7, 11) is 4.15. The molecule has 1 aromatic heterocycles. The number of carbonyl (C=O) groups is 1. The Kier molecular flexibility index (Phi) is 6.45. The van der Waals surface area contributed by atoms with Gasteiger partial charge >= 0.3 is 6.03 Å². The summed E-state index contributed by atoms with van der Waals surface area (Å²) in [5, 5.41) is 2.79.